The monoisotopic (exact) mass is 373 g/mol. The zero-order chi connectivity index (χ0) is 18.7. The summed E-state index contributed by atoms with van der Waals surface area (Å²) in [5.74, 6) is -2.26. The fourth-order valence-electron chi connectivity index (χ4n) is 2.31. The SMILES string of the molecule is Cc1c(Cl)cccc1NC(=O)c1cncc(Nc2ccc(F)c(F)c2)c1. The molecule has 0 saturated carbocycles. The molecule has 4 nitrogen and oxygen atoms in total. The maximum absolute atomic E-state index is 13.3. The highest BCUT2D eigenvalue weighted by molar-refractivity contribution is 6.31. The van der Waals surface area contributed by atoms with Crippen LogP contribution in [0.2, 0.25) is 5.02 Å². The van der Waals surface area contributed by atoms with Gasteiger partial charge in [0, 0.05) is 28.7 Å². The maximum atomic E-state index is 13.3. The molecule has 0 bridgehead atoms. The number of anilines is 3. The van der Waals surface area contributed by atoms with Gasteiger partial charge < -0.3 is 10.6 Å². The molecule has 7 heteroatoms. The smallest absolute Gasteiger partial charge is 0.257 e. The van der Waals surface area contributed by atoms with Gasteiger partial charge in [0.25, 0.3) is 5.91 Å². The van der Waals surface area contributed by atoms with Crippen LogP contribution in [0.4, 0.5) is 25.8 Å². The molecular formula is C19H14ClF2N3O. The second kappa shape index (κ2) is 7.49. The quantitative estimate of drug-likeness (QED) is 0.651. The van der Waals surface area contributed by atoms with E-state index in [0.717, 1.165) is 17.7 Å². The molecule has 3 aromatic rings. The summed E-state index contributed by atoms with van der Waals surface area (Å²) >= 11 is 6.05. The zero-order valence-electron chi connectivity index (χ0n) is 13.7. The molecule has 1 amide bonds. The summed E-state index contributed by atoms with van der Waals surface area (Å²) in [5, 5.41) is 6.21. The van der Waals surface area contributed by atoms with E-state index in [9.17, 15) is 13.6 Å². The molecule has 0 aliphatic heterocycles. The van der Waals surface area contributed by atoms with E-state index in [1.54, 1.807) is 31.2 Å². The molecule has 0 fully saturated rings. The van der Waals surface area contributed by atoms with Crippen molar-refractivity contribution in [3.8, 4) is 0 Å². The van der Waals surface area contributed by atoms with Crippen molar-refractivity contribution < 1.29 is 13.6 Å². The third kappa shape index (κ3) is 3.97. The summed E-state index contributed by atoms with van der Waals surface area (Å²) in [6.07, 6.45) is 2.88. The number of hydrogen-bond acceptors (Lipinski definition) is 3. The molecule has 0 spiro atoms. The Balaban J connectivity index is 1.79. The van der Waals surface area contributed by atoms with E-state index in [-0.39, 0.29) is 5.91 Å². The summed E-state index contributed by atoms with van der Waals surface area (Å²) in [6.45, 7) is 1.80. The van der Waals surface area contributed by atoms with Gasteiger partial charge in [-0.15, -0.1) is 0 Å². The number of nitrogens with zero attached hydrogens (tertiary/aromatic N) is 1. The van der Waals surface area contributed by atoms with Crippen LogP contribution in [0.1, 0.15) is 15.9 Å². The number of carbonyl (C=O) groups excluding carboxylic acids is 1. The van der Waals surface area contributed by atoms with Crippen molar-refractivity contribution in [3.63, 3.8) is 0 Å². The van der Waals surface area contributed by atoms with Crippen LogP contribution in [0.3, 0.4) is 0 Å². The van der Waals surface area contributed by atoms with Gasteiger partial charge in [0.05, 0.1) is 17.4 Å². The fourth-order valence-corrected chi connectivity index (χ4v) is 2.48. The minimum atomic E-state index is -0.965. The molecule has 0 aliphatic carbocycles. The van der Waals surface area contributed by atoms with Crippen LogP contribution in [-0.4, -0.2) is 10.9 Å². The minimum Gasteiger partial charge on any atom is -0.354 e. The topological polar surface area (TPSA) is 54.0 Å². The summed E-state index contributed by atoms with van der Waals surface area (Å²) in [6, 6.07) is 10.2. The van der Waals surface area contributed by atoms with Gasteiger partial charge in [0.15, 0.2) is 11.6 Å². The number of aromatic nitrogens is 1. The molecule has 0 unspecified atom stereocenters. The molecule has 26 heavy (non-hydrogen) atoms. The molecule has 1 aromatic heterocycles. The van der Waals surface area contributed by atoms with Gasteiger partial charge in [0.2, 0.25) is 0 Å². The number of nitrogens with one attached hydrogen (secondary N) is 2. The summed E-state index contributed by atoms with van der Waals surface area (Å²) in [7, 11) is 0. The average molecular weight is 374 g/mol. The van der Waals surface area contributed by atoms with Crippen LogP contribution in [0, 0.1) is 18.6 Å². The average Bonchev–Trinajstić information content (AvgIpc) is 2.62. The first kappa shape index (κ1) is 17.8. The van der Waals surface area contributed by atoms with Crippen LogP contribution >= 0.6 is 11.6 Å². The van der Waals surface area contributed by atoms with E-state index in [1.807, 2.05) is 0 Å². The van der Waals surface area contributed by atoms with Gasteiger partial charge >= 0.3 is 0 Å². The van der Waals surface area contributed by atoms with E-state index in [2.05, 4.69) is 15.6 Å². The number of hydrogen-bond donors (Lipinski definition) is 2. The predicted octanol–water partition coefficient (Wildman–Crippen LogP) is 5.32. The second-order valence-electron chi connectivity index (χ2n) is 5.58. The molecular weight excluding hydrogens is 360 g/mol. The van der Waals surface area contributed by atoms with Crippen molar-refractivity contribution in [2.24, 2.45) is 0 Å². The molecule has 132 valence electrons. The highest BCUT2D eigenvalue weighted by Gasteiger charge is 2.11. The Morgan fingerprint density at radius 3 is 2.62 bits per heavy atom. The third-order valence-corrected chi connectivity index (χ3v) is 4.13. The van der Waals surface area contributed by atoms with Gasteiger partial charge in [0.1, 0.15) is 0 Å². The first-order chi connectivity index (χ1) is 12.4. The van der Waals surface area contributed by atoms with Crippen LogP contribution in [-0.2, 0) is 0 Å². The summed E-state index contributed by atoms with van der Waals surface area (Å²) < 4.78 is 26.3. The minimum absolute atomic E-state index is 0.303. The Labute approximate surface area is 153 Å². The van der Waals surface area contributed by atoms with Crippen molar-refractivity contribution in [2.45, 2.75) is 6.92 Å². The van der Waals surface area contributed by atoms with E-state index in [1.165, 1.54) is 18.5 Å². The van der Waals surface area contributed by atoms with Gasteiger partial charge in [-0.25, -0.2) is 8.78 Å². The van der Waals surface area contributed by atoms with Gasteiger partial charge in [-0.1, -0.05) is 17.7 Å². The first-order valence-electron chi connectivity index (χ1n) is 7.67. The standard InChI is InChI=1S/C19H14ClF2N3O/c1-11-15(20)3-2-4-18(11)25-19(26)12-7-14(10-23-9-12)24-13-5-6-16(21)17(22)8-13/h2-10,24H,1H3,(H,25,26). The molecule has 0 aliphatic rings. The second-order valence-corrected chi connectivity index (χ2v) is 5.99. The van der Waals surface area contributed by atoms with E-state index >= 15 is 0 Å². The number of carbonyl (C=O) groups is 1. The summed E-state index contributed by atoms with van der Waals surface area (Å²) in [5.41, 5.74) is 2.46. The molecule has 0 radical (unpaired) electrons. The summed E-state index contributed by atoms with van der Waals surface area (Å²) in [4.78, 5) is 16.5. The maximum Gasteiger partial charge on any atom is 0.257 e. The van der Waals surface area contributed by atoms with E-state index < -0.39 is 11.6 Å². The first-order valence-corrected chi connectivity index (χ1v) is 8.05. The molecule has 2 N–H and O–H groups in total. The van der Waals surface area contributed by atoms with Crippen molar-refractivity contribution in [1.29, 1.82) is 0 Å². The number of pyridine rings is 1. The fraction of sp³-hybridized carbons (Fsp3) is 0.0526. The molecule has 1 heterocycles. The lowest BCUT2D eigenvalue weighted by molar-refractivity contribution is 0.102. The van der Waals surface area contributed by atoms with E-state index in [4.69, 9.17) is 11.6 Å². The normalized spacial score (nSPS) is 10.5. The Kier molecular flexibility index (Phi) is 5.14. The lowest BCUT2D eigenvalue weighted by atomic mass is 10.2. The Morgan fingerprint density at radius 1 is 1.04 bits per heavy atom. The third-order valence-electron chi connectivity index (χ3n) is 3.72. The Morgan fingerprint density at radius 2 is 1.85 bits per heavy atom. The largest absolute Gasteiger partial charge is 0.354 e. The van der Waals surface area contributed by atoms with Crippen LogP contribution in [0.5, 0.6) is 0 Å². The lowest BCUT2D eigenvalue weighted by Crippen LogP contribution is -2.13. The van der Waals surface area contributed by atoms with Crippen molar-refractivity contribution in [2.75, 3.05) is 10.6 Å². The highest BCUT2D eigenvalue weighted by atomic mass is 35.5. The number of halogens is 3. The number of amides is 1. The van der Waals surface area contributed by atoms with E-state index in [0.29, 0.717) is 27.6 Å². The molecule has 0 saturated heterocycles. The van der Waals surface area contributed by atoms with Crippen LogP contribution in [0.25, 0.3) is 0 Å². The molecule has 3 rings (SSSR count). The van der Waals surface area contributed by atoms with Crippen molar-refractivity contribution >= 4 is 34.6 Å². The number of rotatable bonds is 4. The molecule has 0 atom stereocenters. The van der Waals surface area contributed by atoms with Crippen LogP contribution in [0.15, 0.2) is 54.9 Å². The number of benzene rings is 2. The Bertz CT molecular complexity index is 979. The predicted molar refractivity (Wildman–Crippen MR) is 98.0 cm³/mol. The highest BCUT2D eigenvalue weighted by Crippen LogP contribution is 2.24. The van der Waals surface area contributed by atoms with Crippen molar-refractivity contribution in [3.05, 3.63) is 82.6 Å². The van der Waals surface area contributed by atoms with Gasteiger partial charge in [-0.05, 0) is 42.8 Å². The van der Waals surface area contributed by atoms with Gasteiger partial charge in [-0.3, -0.25) is 9.78 Å². The lowest BCUT2D eigenvalue weighted by Gasteiger charge is -2.11. The molecule has 2 aromatic carbocycles. The zero-order valence-corrected chi connectivity index (χ0v) is 14.4. The van der Waals surface area contributed by atoms with Gasteiger partial charge in [-0.2, -0.15) is 0 Å². The van der Waals surface area contributed by atoms with Crippen molar-refractivity contribution in [1.82, 2.24) is 4.98 Å². The Hall–Kier alpha value is -2.99. The van der Waals surface area contributed by atoms with Crippen LogP contribution < -0.4 is 10.6 Å².